The van der Waals surface area contributed by atoms with Gasteiger partial charge in [-0.2, -0.15) is 0 Å². The van der Waals surface area contributed by atoms with Crippen molar-refractivity contribution in [2.45, 2.75) is 0 Å². The first-order chi connectivity index (χ1) is 7.22. The van der Waals surface area contributed by atoms with E-state index in [9.17, 15) is 4.79 Å². The first-order valence-corrected chi connectivity index (χ1v) is 4.53. The second-order valence-corrected chi connectivity index (χ2v) is 3.17. The molecular weight excluding hydrogens is 220 g/mol. The summed E-state index contributed by atoms with van der Waals surface area (Å²) in [6.07, 6.45) is 3.00. The number of ether oxygens (including phenoxy) is 1. The van der Waals surface area contributed by atoms with Gasteiger partial charge < -0.3 is 14.8 Å². The molecule has 2 rings (SSSR count). The number of aliphatic hydroxyl groups excluding tert-OH is 1. The van der Waals surface area contributed by atoms with Crippen LogP contribution in [-0.4, -0.2) is 27.7 Å². The van der Waals surface area contributed by atoms with Gasteiger partial charge >= 0.3 is 5.97 Å². The topological polar surface area (TPSA) is 75.2 Å². The Labute approximate surface area is 89.6 Å². The van der Waals surface area contributed by atoms with E-state index in [0.29, 0.717) is 21.8 Å². The van der Waals surface area contributed by atoms with Gasteiger partial charge in [0.05, 0.1) is 5.52 Å². The maximum Gasteiger partial charge on any atom is 0.337 e. The molecule has 0 atom stereocenters. The zero-order valence-corrected chi connectivity index (χ0v) is 8.28. The number of rotatable bonds is 2. The number of H-pyrrole nitrogens is 1. The van der Waals surface area contributed by atoms with Crippen LogP contribution < -0.4 is 4.74 Å². The fraction of sp³-hybridized carbons (Fsp3) is 0.111. The van der Waals surface area contributed by atoms with E-state index in [0.717, 1.165) is 0 Å². The number of hydrogen-bond acceptors (Lipinski definition) is 4. The lowest BCUT2D eigenvalue weighted by atomic mass is 10.3. The highest BCUT2D eigenvalue weighted by Crippen LogP contribution is 2.28. The number of carbonyl (C=O) groups is 1. The van der Waals surface area contributed by atoms with Crippen LogP contribution in [-0.2, 0) is 4.79 Å². The molecule has 0 aliphatic carbocycles. The summed E-state index contributed by atoms with van der Waals surface area (Å²) in [7, 11) is 0. The quantitative estimate of drug-likeness (QED) is 0.594. The molecule has 0 radical (unpaired) electrons. The molecule has 0 aliphatic heterocycles. The van der Waals surface area contributed by atoms with Crippen LogP contribution in [0.5, 0.6) is 5.75 Å². The molecule has 0 aromatic carbocycles. The summed E-state index contributed by atoms with van der Waals surface area (Å²) in [4.78, 5) is 17.6. The minimum Gasteiger partial charge on any atom is -0.423 e. The van der Waals surface area contributed by atoms with Crippen molar-refractivity contribution in [3.8, 4) is 5.75 Å². The van der Waals surface area contributed by atoms with Gasteiger partial charge in [-0.3, -0.25) is 0 Å². The third kappa shape index (κ3) is 1.79. The molecule has 0 aliphatic rings. The van der Waals surface area contributed by atoms with Gasteiger partial charge in [0.1, 0.15) is 6.61 Å². The number of hydrogen-bond donors (Lipinski definition) is 2. The van der Waals surface area contributed by atoms with Gasteiger partial charge in [-0.15, -0.1) is 0 Å². The van der Waals surface area contributed by atoms with Gasteiger partial charge in [0.15, 0.2) is 10.9 Å². The lowest BCUT2D eigenvalue weighted by molar-refractivity contribution is -0.137. The smallest absolute Gasteiger partial charge is 0.337 e. The Morgan fingerprint density at radius 1 is 1.67 bits per heavy atom. The SMILES string of the molecule is O=C(CO)Oc1c[nH]c2c(Cl)nccc12. The second kappa shape index (κ2) is 3.88. The average molecular weight is 227 g/mol. The van der Waals surface area contributed by atoms with Gasteiger partial charge in [-0.05, 0) is 6.07 Å². The fourth-order valence-corrected chi connectivity index (χ4v) is 1.45. The Hall–Kier alpha value is -1.59. The van der Waals surface area contributed by atoms with Crippen LogP contribution in [0.15, 0.2) is 18.5 Å². The van der Waals surface area contributed by atoms with Crippen LogP contribution in [0, 0.1) is 0 Å². The zero-order chi connectivity index (χ0) is 10.8. The summed E-state index contributed by atoms with van der Waals surface area (Å²) in [6, 6.07) is 1.66. The summed E-state index contributed by atoms with van der Waals surface area (Å²) in [5.41, 5.74) is 0.597. The first-order valence-electron chi connectivity index (χ1n) is 4.15. The van der Waals surface area contributed by atoms with Gasteiger partial charge in [0.25, 0.3) is 0 Å². The highest BCUT2D eigenvalue weighted by Gasteiger charge is 2.10. The van der Waals surface area contributed by atoms with E-state index < -0.39 is 12.6 Å². The Bertz CT molecular complexity index is 509. The molecule has 0 fully saturated rings. The van der Waals surface area contributed by atoms with E-state index in [4.69, 9.17) is 21.4 Å². The van der Waals surface area contributed by atoms with E-state index in [1.807, 2.05) is 0 Å². The lowest BCUT2D eigenvalue weighted by Crippen LogP contribution is -2.11. The number of carbonyl (C=O) groups excluding carboxylic acids is 1. The average Bonchev–Trinajstić information content (AvgIpc) is 2.63. The zero-order valence-electron chi connectivity index (χ0n) is 7.53. The predicted octanol–water partition coefficient (Wildman–Crippen LogP) is 1.11. The van der Waals surface area contributed by atoms with Crippen LogP contribution in [0.1, 0.15) is 0 Å². The molecule has 6 heteroatoms. The normalized spacial score (nSPS) is 10.5. The molecule has 2 heterocycles. The molecule has 0 amide bonds. The number of nitrogens with one attached hydrogen (secondary N) is 1. The maximum absolute atomic E-state index is 10.9. The molecule has 0 saturated carbocycles. The number of pyridine rings is 1. The molecule has 2 N–H and O–H groups in total. The molecule has 0 saturated heterocycles. The number of aromatic nitrogens is 2. The molecule has 0 bridgehead atoms. The Kier molecular flexibility index (Phi) is 2.57. The van der Waals surface area contributed by atoms with Crippen LogP contribution >= 0.6 is 11.6 Å². The van der Waals surface area contributed by atoms with Crippen molar-refractivity contribution in [1.82, 2.24) is 9.97 Å². The van der Waals surface area contributed by atoms with E-state index in [2.05, 4.69) is 9.97 Å². The number of halogens is 1. The highest BCUT2D eigenvalue weighted by molar-refractivity contribution is 6.34. The van der Waals surface area contributed by atoms with Crippen molar-refractivity contribution in [2.75, 3.05) is 6.61 Å². The van der Waals surface area contributed by atoms with Crippen molar-refractivity contribution in [3.63, 3.8) is 0 Å². The number of esters is 1. The standard InChI is InChI=1S/C9H7ClN2O3/c10-9-8-5(1-2-11-9)6(3-12-8)15-7(14)4-13/h1-3,12-13H,4H2. The van der Waals surface area contributed by atoms with E-state index in [1.54, 1.807) is 6.07 Å². The molecule has 15 heavy (non-hydrogen) atoms. The number of nitrogens with zero attached hydrogens (tertiary/aromatic N) is 1. The highest BCUT2D eigenvalue weighted by atomic mass is 35.5. The maximum atomic E-state index is 10.9. The molecule has 78 valence electrons. The van der Waals surface area contributed by atoms with Crippen molar-refractivity contribution in [2.24, 2.45) is 0 Å². The minimum atomic E-state index is -0.719. The minimum absolute atomic E-state index is 0.304. The van der Waals surface area contributed by atoms with Crippen LogP contribution in [0.2, 0.25) is 5.15 Å². The van der Waals surface area contributed by atoms with Gasteiger partial charge in [0.2, 0.25) is 0 Å². The Morgan fingerprint density at radius 3 is 3.20 bits per heavy atom. The summed E-state index contributed by atoms with van der Waals surface area (Å²) in [5.74, 6) is -0.391. The van der Waals surface area contributed by atoms with Crippen LogP contribution in [0.25, 0.3) is 10.9 Å². The fourth-order valence-electron chi connectivity index (χ4n) is 1.23. The van der Waals surface area contributed by atoms with E-state index >= 15 is 0 Å². The van der Waals surface area contributed by atoms with Crippen molar-refractivity contribution in [1.29, 1.82) is 0 Å². The monoisotopic (exact) mass is 226 g/mol. The second-order valence-electron chi connectivity index (χ2n) is 2.81. The molecule has 0 spiro atoms. The van der Waals surface area contributed by atoms with Gasteiger partial charge in [0, 0.05) is 17.8 Å². The molecular formula is C9H7ClN2O3. The summed E-state index contributed by atoms with van der Waals surface area (Å²) < 4.78 is 4.87. The molecule has 0 unspecified atom stereocenters. The first kappa shape index (κ1) is 9.95. The molecule has 2 aromatic rings. The summed E-state index contributed by atoms with van der Waals surface area (Å²) >= 11 is 5.81. The summed E-state index contributed by atoms with van der Waals surface area (Å²) in [6.45, 7) is -0.661. The number of aromatic amines is 1. The predicted molar refractivity (Wildman–Crippen MR) is 53.8 cm³/mol. The largest absolute Gasteiger partial charge is 0.423 e. The molecule has 5 nitrogen and oxygen atoms in total. The van der Waals surface area contributed by atoms with Crippen LogP contribution in [0.4, 0.5) is 0 Å². The van der Waals surface area contributed by atoms with Gasteiger partial charge in [-0.25, -0.2) is 9.78 Å². The van der Waals surface area contributed by atoms with E-state index in [1.165, 1.54) is 12.4 Å². The van der Waals surface area contributed by atoms with Crippen molar-refractivity contribution < 1.29 is 14.6 Å². The van der Waals surface area contributed by atoms with Crippen molar-refractivity contribution in [3.05, 3.63) is 23.6 Å². The Morgan fingerprint density at radius 2 is 2.47 bits per heavy atom. The van der Waals surface area contributed by atoms with Crippen LogP contribution in [0.3, 0.4) is 0 Å². The van der Waals surface area contributed by atoms with Gasteiger partial charge in [-0.1, -0.05) is 11.6 Å². The molecule has 2 aromatic heterocycles. The third-order valence-electron chi connectivity index (χ3n) is 1.87. The number of aliphatic hydroxyl groups is 1. The Balaban J connectivity index is 2.45. The lowest BCUT2D eigenvalue weighted by Gasteiger charge is -1.99. The third-order valence-corrected chi connectivity index (χ3v) is 2.16. The van der Waals surface area contributed by atoms with E-state index in [-0.39, 0.29) is 0 Å². The van der Waals surface area contributed by atoms with Crippen molar-refractivity contribution >= 4 is 28.5 Å². The number of fused-ring (bicyclic) bond motifs is 1. The summed E-state index contributed by atoms with van der Waals surface area (Å²) in [5, 5.41) is 9.49.